The van der Waals surface area contributed by atoms with Gasteiger partial charge >= 0.3 is 0 Å². The second-order valence-electron chi connectivity index (χ2n) is 5.92. The van der Waals surface area contributed by atoms with Gasteiger partial charge in [-0.2, -0.15) is 0 Å². The van der Waals surface area contributed by atoms with Crippen molar-refractivity contribution in [3.8, 4) is 11.3 Å². The summed E-state index contributed by atoms with van der Waals surface area (Å²) in [5.41, 5.74) is 0.923. The normalized spacial score (nSPS) is 18.3. The van der Waals surface area contributed by atoms with Gasteiger partial charge in [-0.15, -0.1) is 10.2 Å². The second kappa shape index (κ2) is 6.37. The summed E-state index contributed by atoms with van der Waals surface area (Å²) in [5, 5.41) is 8.77. The van der Waals surface area contributed by atoms with E-state index < -0.39 is 0 Å². The van der Waals surface area contributed by atoms with Crippen LogP contribution in [-0.2, 0) is 6.54 Å². The molecule has 3 aromatic rings. The second-order valence-corrected chi connectivity index (χ2v) is 6.35. The summed E-state index contributed by atoms with van der Waals surface area (Å²) in [5.74, 6) is 2.66. The fraction of sp³-hybridized carbons (Fsp3) is 0.353. The Balaban J connectivity index is 1.51. The number of hydrogen-bond acceptors (Lipinski definition) is 6. The van der Waals surface area contributed by atoms with Crippen molar-refractivity contribution in [3.63, 3.8) is 0 Å². The van der Waals surface area contributed by atoms with E-state index in [1.807, 2.05) is 24.3 Å². The van der Waals surface area contributed by atoms with Crippen molar-refractivity contribution < 1.29 is 8.83 Å². The molecule has 24 heavy (non-hydrogen) atoms. The van der Waals surface area contributed by atoms with E-state index in [9.17, 15) is 0 Å². The molecule has 1 aliphatic rings. The molecule has 1 fully saturated rings. The van der Waals surface area contributed by atoms with Crippen molar-refractivity contribution in [1.29, 1.82) is 0 Å². The van der Waals surface area contributed by atoms with Crippen LogP contribution in [0.25, 0.3) is 11.3 Å². The highest BCUT2D eigenvalue weighted by Crippen LogP contribution is 2.33. The number of halogens is 1. The van der Waals surface area contributed by atoms with Gasteiger partial charge in [-0.25, -0.2) is 4.98 Å². The Hall–Kier alpha value is -2.18. The Labute approximate surface area is 144 Å². The number of aryl methyl sites for hydroxylation is 1. The van der Waals surface area contributed by atoms with E-state index in [4.69, 9.17) is 20.4 Å². The molecule has 1 unspecified atom stereocenters. The minimum Gasteiger partial charge on any atom is -0.439 e. The number of nitrogens with zero attached hydrogens (tertiary/aromatic N) is 4. The summed E-state index contributed by atoms with van der Waals surface area (Å²) >= 11 is 6.03. The van der Waals surface area contributed by atoms with Gasteiger partial charge in [-0.3, -0.25) is 4.90 Å². The maximum Gasteiger partial charge on any atom is 0.233 e. The highest BCUT2D eigenvalue weighted by Gasteiger charge is 2.31. The molecule has 1 saturated heterocycles. The van der Waals surface area contributed by atoms with E-state index in [0.717, 1.165) is 30.7 Å². The molecule has 2 aromatic heterocycles. The highest BCUT2D eigenvalue weighted by atomic mass is 35.5. The molecule has 0 amide bonds. The predicted molar refractivity (Wildman–Crippen MR) is 88.4 cm³/mol. The minimum absolute atomic E-state index is 0.132. The van der Waals surface area contributed by atoms with Crippen molar-refractivity contribution in [1.82, 2.24) is 20.1 Å². The van der Waals surface area contributed by atoms with E-state index in [1.165, 1.54) is 0 Å². The average Bonchev–Trinajstić information content (AvgIpc) is 3.28. The molecule has 0 aliphatic carbocycles. The molecule has 7 heteroatoms. The van der Waals surface area contributed by atoms with Crippen molar-refractivity contribution in [2.75, 3.05) is 6.54 Å². The minimum atomic E-state index is 0.132. The number of aromatic nitrogens is 3. The first-order valence-electron chi connectivity index (χ1n) is 7.94. The largest absolute Gasteiger partial charge is 0.439 e. The molecule has 0 spiro atoms. The zero-order chi connectivity index (χ0) is 16.5. The molecular formula is C17H17ClN4O2. The van der Waals surface area contributed by atoms with Crippen molar-refractivity contribution in [2.45, 2.75) is 32.4 Å². The monoisotopic (exact) mass is 344 g/mol. The topological polar surface area (TPSA) is 68.2 Å². The molecule has 0 N–H and O–H groups in total. The lowest BCUT2D eigenvalue weighted by molar-refractivity contribution is 0.195. The summed E-state index contributed by atoms with van der Waals surface area (Å²) in [6, 6.07) is 7.69. The maximum absolute atomic E-state index is 6.03. The zero-order valence-corrected chi connectivity index (χ0v) is 14.0. The molecule has 1 aliphatic heterocycles. The third-order valence-corrected chi connectivity index (χ3v) is 4.43. The Kier molecular flexibility index (Phi) is 4.08. The van der Waals surface area contributed by atoms with Gasteiger partial charge < -0.3 is 8.83 Å². The van der Waals surface area contributed by atoms with E-state index in [2.05, 4.69) is 20.1 Å². The van der Waals surface area contributed by atoms with Crippen LogP contribution in [0.4, 0.5) is 0 Å². The molecule has 0 saturated carbocycles. The number of benzene rings is 1. The summed E-state index contributed by atoms with van der Waals surface area (Å²) in [6.07, 6.45) is 3.83. The smallest absolute Gasteiger partial charge is 0.233 e. The van der Waals surface area contributed by atoms with Crippen molar-refractivity contribution in [3.05, 3.63) is 53.2 Å². The lowest BCUT2D eigenvalue weighted by Crippen LogP contribution is -2.23. The molecule has 1 aromatic carbocycles. The molecule has 124 valence electrons. The first-order valence-corrected chi connectivity index (χ1v) is 8.31. The Morgan fingerprint density at radius 3 is 3.00 bits per heavy atom. The average molecular weight is 345 g/mol. The van der Waals surface area contributed by atoms with Crippen LogP contribution < -0.4 is 0 Å². The summed E-state index contributed by atoms with van der Waals surface area (Å²) in [6.45, 7) is 3.38. The molecule has 6 nitrogen and oxygen atoms in total. The Morgan fingerprint density at radius 1 is 1.29 bits per heavy atom. The van der Waals surface area contributed by atoms with Crippen LogP contribution in [0.15, 0.2) is 39.3 Å². The van der Waals surface area contributed by atoms with Crippen LogP contribution in [0.5, 0.6) is 0 Å². The van der Waals surface area contributed by atoms with Crippen molar-refractivity contribution in [2.24, 2.45) is 0 Å². The predicted octanol–water partition coefficient (Wildman–Crippen LogP) is 4.02. The Bertz CT molecular complexity index is 844. The number of rotatable bonds is 4. The first kappa shape index (κ1) is 15.4. The standard InChI is InChI=1S/C17H17ClN4O2/c1-11-20-21-17(23-11)14-6-3-7-22(14)10-16-19-9-15(24-16)12-4-2-5-13(18)8-12/h2,4-5,8-9,14H,3,6-7,10H2,1H3. The number of oxazole rings is 1. The lowest BCUT2D eigenvalue weighted by atomic mass is 10.2. The lowest BCUT2D eigenvalue weighted by Gasteiger charge is -2.19. The SMILES string of the molecule is Cc1nnc(C2CCCN2Cc2ncc(-c3cccc(Cl)c3)o2)o1. The quantitative estimate of drug-likeness (QED) is 0.712. The van der Waals surface area contributed by atoms with Gasteiger partial charge in [0.05, 0.1) is 18.8 Å². The van der Waals surface area contributed by atoms with Gasteiger partial charge in [0.2, 0.25) is 17.7 Å². The molecule has 4 rings (SSSR count). The summed E-state index contributed by atoms with van der Waals surface area (Å²) in [7, 11) is 0. The molecule has 0 radical (unpaired) electrons. The van der Waals surface area contributed by atoms with Crippen LogP contribution in [0.1, 0.15) is 36.6 Å². The van der Waals surface area contributed by atoms with Gasteiger partial charge in [-0.1, -0.05) is 23.7 Å². The van der Waals surface area contributed by atoms with Gasteiger partial charge in [0.1, 0.15) is 0 Å². The van der Waals surface area contributed by atoms with Gasteiger partial charge in [0.25, 0.3) is 0 Å². The number of likely N-dealkylation sites (tertiary alicyclic amines) is 1. The third-order valence-electron chi connectivity index (χ3n) is 4.19. The van der Waals surface area contributed by atoms with Gasteiger partial charge in [-0.05, 0) is 31.5 Å². The van der Waals surface area contributed by atoms with E-state index in [1.54, 1.807) is 13.1 Å². The third kappa shape index (κ3) is 3.07. The summed E-state index contributed by atoms with van der Waals surface area (Å²) < 4.78 is 11.5. The maximum atomic E-state index is 6.03. The molecular weight excluding hydrogens is 328 g/mol. The molecule has 3 heterocycles. The van der Waals surface area contributed by atoms with Crippen LogP contribution in [0.3, 0.4) is 0 Å². The number of hydrogen-bond donors (Lipinski definition) is 0. The van der Waals surface area contributed by atoms with Crippen LogP contribution in [-0.4, -0.2) is 26.6 Å². The van der Waals surface area contributed by atoms with E-state index in [-0.39, 0.29) is 6.04 Å². The first-order chi connectivity index (χ1) is 11.7. The van der Waals surface area contributed by atoms with Crippen LogP contribution >= 0.6 is 11.6 Å². The van der Waals surface area contributed by atoms with Crippen LogP contribution in [0.2, 0.25) is 5.02 Å². The zero-order valence-electron chi connectivity index (χ0n) is 13.3. The van der Waals surface area contributed by atoms with Gasteiger partial charge in [0, 0.05) is 17.5 Å². The Morgan fingerprint density at radius 2 is 2.21 bits per heavy atom. The fourth-order valence-corrected chi connectivity index (χ4v) is 3.26. The molecule has 1 atom stereocenters. The fourth-order valence-electron chi connectivity index (χ4n) is 3.07. The molecule has 0 bridgehead atoms. The van der Waals surface area contributed by atoms with Crippen molar-refractivity contribution >= 4 is 11.6 Å². The van der Waals surface area contributed by atoms with E-state index in [0.29, 0.717) is 29.2 Å². The van der Waals surface area contributed by atoms with Gasteiger partial charge in [0.15, 0.2) is 5.76 Å². The van der Waals surface area contributed by atoms with Crippen LogP contribution in [0, 0.1) is 6.92 Å². The highest BCUT2D eigenvalue weighted by molar-refractivity contribution is 6.30. The van der Waals surface area contributed by atoms with E-state index >= 15 is 0 Å². The summed E-state index contributed by atoms with van der Waals surface area (Å²) in [4.78, 5) is 6.67.